The number of nitrogens with one attached hydrogen (secondary N) is 1. The Balaban J connectivity index is 2.20. The Morgan fingerprint density at radius 2 is 2.05 bits per heavy atom. The van der Waals surface area contributed by atoms with Gasteiger partial charge in [0.1, 0.15) is 11.5 Å². The number of rotatable bonds is 3. The minimum atomic E-state index is -4.68. The highest BCUT2D eigenvalue weighted by molar-refractivity contribution is 5.42. The lowest BCUT2D eigenvalue weighted by Crippen LogP contribution is -2.27. The van der Waals surface area contributed by atoms with E-state index in [1.54, 1.807) is 6.07 Å². The number of methoxy groups -OCH3 is 1. The quantitative estimate of drug-likeness (QED) is 0.917. The molecule has 1 heterocycles. The summed E-state index contributed by atoms with van der Waals surface area (Å²) in [5.74, 6) is 0.157. The van der Waals surface area contributed by atoms with Gasteiger partial charge in [0.2, 0.25) is 0 Å². The first-order valence-corrected chi connectivity index (χ1v) is 6.16. The van der Waals surface area contributed by atoms with E-state index in [9.17, 15) is 13.2 Å². The molecule has 0 bridgehead atoms. The number of halogens is 3. The van der Waals surface area contributed by atoms with Crippen molar-refractivity contribution in [3.8, 4) is 11.5 Å². The van der Waals surface area contributed by atoms with Crippen LogP contribution in [0.5, 0.6) is 11.5 Å². The zero-order chi connectivity index (χ0) is 13.9. The molecule has 1 aliphatic heterocycles. The van der Waals surface area contributed by atoms with Gasteiger partial charge in [0.05, 0.1) is 7.11 Å². The fraction of sp³-hybridized carbons (Fsp3) is 0.538. The number of hydrogen-bond acceptors (Lipinski definition) is 3. The first kappa shape index (κ1) is 14.0. The standard InChI is InChI=1S/C13H16F3NO2/c1-18-12-8-9(19-13(14,15)16)5-6-10(12)11-4-2-3-7-17-11/h5-6,8,11,17H,2-4,7H2,1H3/t11-/m0/s1. The van der Waals surface area contributed by atoms with Gasteiger partial charge in [-0.1, -0.05) is 12.5 Å². The second-order valence-electron chi connectivity index (χ2n) is 4.45. The molecule has 3 nitrogen and oxygen atoms in total. The summed E-state index contributed by atoms with van der Waals surface area (Å²) < 4.78 is 45.5. The second kappa shape index (κ2) is 5.69. The summed E-state index contributed by atoms with van der Waals surface area (Å²) in [6.45, 7) is 0.911. The molecular weight excluding hydrogens is 259 g/mol. The normalized spacial score (nSPS) is 20.1. The number of piperidine rings is 1. The molecule has 0 amide bonds. The van der Waals surface area contributed by atoms with Crippen LogP contribution in [-0.2, 0) is 0 Å². The predicted molar refractivity (Wildman–Crippen MR) is 64.3 cm³/mol. The van der Waals surface area contributed by atoms with Crippen molar-refractivity contribution in [2.45, 2.75) is 31.7 Å². The third-order valence-electron chi connectivity index (χ3n) is 3.12. The molecule has 1 fully saturated rings. The summed E-state index contributed by atoms with van der Waals surface area (Å²) >= 11 is 0. The van der Waals surface area contributed by atoms with Crippen LogP contribution in [0.3, 0.4) is 0 Å². The van der Waals surface area contributed by atoms with Crippen molar-refractivity contribution >= 4 is 0 Å². The van der Waals surface area contributed by atoms with Gasteiger partial charge in [0.25, 0.3) is 0 Å². The Morgan fingerprint density at radius 1 is 1.26 bits per heavy atom. The van der Waals surface area contributed by atoms with Crippen molar-refractivity contribution < 1.29 is 22.6 Å². The predicted octanol–water partition coefficient (Wildman–Crippen LogP) is 3.41. The molecule has 19 heavy (non-hydrogen) atoms. The van der Waals surface area contributed by atoms with Crippen LogP contribution >= 0.6 is 0 Å². The van der Waals surface area contributed by atoms with Crippen molar-refractivity contribution in [3.63, 3.8) is 0 Å². The van der Waals surface area contributed by atoms with Gasteiger partial charge in [0.15, 0.2) is 0 Å². The summed E-state index contributed by atoms with van der Waals surface area (Å²) in [4.78, 5) is 0. The Morgan fingerprint density at radius 3 is 2.63 bits per heavy atom. The van der Waals surface area contributed by atoms with Gasteiger partial charge in [-0.2, -0.15) is 0 Å². The minimum Gasteiger partial charge on any atom is -0.496 e. The number of benzene rings is 1. The molecule has 0 aromatic heterocycles. The van der Waals surface area contributed by atoms with Crippen LogP contribution in [0.15, 0.2) is 18.2 Å². The molecule has 1 saturated heterocycles. The summed E-state index contributed by atoms with van der Waals surface area (Å²) in [5.41, 5.74) is 0.872. The molecule has 2 rings (SSSR count). The molecule has 1 aromatic carbocycles. The zero-order valence-electron chi connectivity index (χ0n) is 10.6. The molecule has 0 unspecified atom stereocenters. The summed E-state index contributed by atoms with van der Waals surface area (Å²) in [5, 5.41) is 3.33. The van der Waals surface area contributed by atoms with Gasteiger partial charge in [-0.25, -0.2) is 0 Å². The second-order valence-corrected chi connectivity index (χ2v) is 4.45. The monoisotopic (exact) mass is 275 g/mol. The maximum atomic E-state index is 12.2. The Kier molecular flexibility index (Phi) is 4.19. The molecule has 1 aliphatic rings. The fourth-order valence-corrected chi connectivity index (χ4v) is 2.29. The molecule has 0 radical (unpaired) electrons. The molecule has 1 N–H and O–H groups in total. The van der Waals surface area contributed by atoms with Crippen molar-refractivity contribution in [1.29, 1.82) is 0 Å². The Bertz CT molecular complexity index is 428. The lowest BCUT2D eigenvalue weighted by Gasteiger charge is -2.25. The van der Waals surface area contributed by atoms with E-state index in [4.69, 9.17) is 4.74 Å². The van der Waals surface area contributed by atoms with Crippen LogP contribution in [0.2, 0.25) is 0 Å². The molecule has 1 atom stereocenters. The minimum absolute atomic E-state index is 0.128. The smallest absolute Gasteiger partial charge is 0.496 e. The maximum Gasteiger partial charge on any atom is 0.573 e. The molecule has 0 aliphatic carbocycles. The van der Waals surface area contributed by atoms with Crippen LogP contribution in [-0.4, -0.2) is 20.0 Å². The van der Waals surface area contributed by atoms with Gasteiger partial charge in [-0.15, -0.1) is 13.2 Å². The van der Waals surface area contributed by atoms with Crippen LogP contribution in [0.4, 0.5) is 13.2 Å². The maximum absolute atomic E-state index is 12.2. The number of alkyl halides is 3. The van der Waals surface area contributed by atoms with E-state index >= 15 is 0 Å². The first-order chi connectivity index (χ1) is 8.99. The average Bonchev–Trinajstić information content (AvgIpc) is 2.37. The fourth-order valence-electron chi connectivity index (χ4n) is 2.29. The summed E-state index contributed by atoms with van der Waals surface area (Å²) in [6.07, 6.45) is -1.51. The van der Waals surface area contributed by atoms with Crippen LogP contribution in [0.1, 0.15) is 30.9 Å². The largest absolute Gasteiger partial charge is 0.573 e. The van der Waals surface area contributed by atoms with E-state index < -0.39 is 6.36 Å². The summed E-state index contributed by atoms with van der Waals surface area (Å²) in [6, 6.07) is 4.35. The SMILES string of the molecule is COc1cc(OC(F)(F)F)ccc1[C@@H]1CCCCN1. The van der Waals surface area contributed by atoms with E-state index in [1.807, 2.05) is 0 Å². The average molecular weight is 275 g/mol. The third-order valence-corrected chi connectivity index (χ3v) is 3.12. The van der Waals surface area contributed by atoms with Crippen LogP contribution < -0.4 is 14.8 Å². The highest BCUT2D eigenvalue weighted by Gasteiger charge is 2.31. The molecule has 1 aromatic rings. The molecule has 6 heteroatoms. The lowest BCUT2D eigenvalue weighted by atomic mass is 9.96. The number of hydrogen-bond donors (Lipinski definition) is 1. The van der Waals surface area contributed by atoms with E-state index in [0.717, 1.165) is 31.4 Å². The molecule has 0 spiro atoms. The van der Waals surface area contributed by atoms with Crippen molar-refractivity contribution in [3.05, 3.63) is 23.8 Å². The highest BCUT2D eigenvalue weighted by atomic mass is 19.4. The first-order valence-electron chi connectivity index (χ1n) is 6.16. The van der Waals surface area contributed by atoms with Gasteiger partial charge >= 0.3 is 6.36 Å². The van der Waals surface area contributed by atoms with Crippen molar-refractivity contribution in [2.75, 3.05) is 13.7 Å². The highest BCUT2D eigenvalue weighted by Crippen LogP contribution is 2.34. The van der Waals surface area contributed by atoms with E-state index in [-0.39, 0.29) is 11.8 Å². The van der Waals surface area contributed by atoms with E-state index in [2.05, 4.69) is 10.1 Å². The number of ether oxygens (including phenoxy) is 2. The topological polar surface area (TPSA) is 30.5 Å². The molecule has 0 saturated carbocycles. The summed E-state index contributed by atoms with van der Waals surface area (Å²) in [7, 11) is 1.44. The van der Waals surface area contributed by atoms with Crippen molar-refractivity contribution in [2.24, 2.45) is 0 Å². The van der Waals surface area contributed by atoms with E-state index in [0.29, 0.717) is 5.75 Å². The molecule has 106 valence electrons. The van der Waals surface area contributed by atoms with E-state index in [1.165, 1.54) is 19.2 Å². The molecular formula is C13H16F3NO2. The Labute approximate surface area is 109 Å². The third kappa shape index (κ3) is 3.76. The van der Waals surface area contributed by atoms with Gasteiger partial charge in [-0.3, -0.25) is 0 Å². The van der Waals surface area contributed by atoms with Crippen molar-refractivity contribution in [1.82, 2.24) is 5.32 Å². The lowest BCUT2D eigenvalue weighted by molar-refractivity contribution is -0.274. The van der Waals surface area contributed by atoms with Crippen LogP contribution in [0, 0.1) is 0 Å². The van der Waals surface area contributed by atoms with Gasteiger partial charge < -0.3 is 14.8 Å². The van der Waals surface area contributed by atoms with Crippen LogP contribution in [0.25, 0.3) is 0 Å². The van der Waals surface area contributed by atoms with Gasteiger partial charge in [0, 0.05) is 17.7 Å². The Hall–Kier alpha value is -1.43. The van der Waals surface area contributed by atoms with Gasteiger partial charge in [-0.05, 0) is 25.5 Å². The zero-order valence-corrected chi connectivity index (χ0v) is 10.6.